The van der Waals surface area contributed by atoms with Gasteiger partial charge in [-0.25, -0.2) is 0 Å². The number of piperidine rings is 1. The van der Waals surface area contributed by atoms with Crippen molar-refractivity contribution in [3.8, 4) is 22.8 Å². The van der Waals surface area contributed by atoms with Gasteiger partial charge in [0.1, 0.15) is 0 Å². The molecule has 0 unspecified atom stereocenters. The zero-order valence-electron chi connectivity index (χ0n) is 14.5. The Kier molecular flexibility index (Phi) is 5.85. The second-order valence-electron chi connectivity index (χ2n) is 6.42. The Balaban J connectivity index is 0.00000196. The molecule has 2 N–H and O–H groups in total. The number of pyridine rings is 1. The van der Waals surface area contributed by atoms with E-state index in [0.29, 0.717) is 23.0 Å². The van der Waals surface area contributed by atoms with Crippen LogP contribution in [0, 0.1) is 0 Å². The van der Waals surface area contributed by atoms with Gasteiger partial charge in [-0.1, -0.05) is 29.8 Å². The number of likely N-dealkylation sites (tertiary alicyclic amines) is 1. The lowest BCUT2D eigenvalue weighted by Crippen LogP contribution is -2.29. The Hall–Kier alpha value is -2.44. The van der Waals surface area contributed by atoms with Crippen molar-refractivity contribution < 1.29 is 4.52 Å². The third-order valence-electron chi connectivity index (χ3n) is 4.55. The van der Waals surface area contributed by atoms with Crippen LogP contribution in [0.15, 0.2) is 47.2 Å². The Labute approximate surface area is 158 Å². The topological polar surface area (TPSA) is 81.1 Å². The molecule has 26 heavy (non-hydrogen) atoms. The number of nitrogens with zero attached hydrogens (tertiary/aromatic N) is 4. The summed E-state index contributed by atoms with van der Waals surface area (Å²) in [4.78, 5) is 11.1. The van der Waals surface area contributed by atoms with Gasteiger partial charge in [0.2, 0.25) is 5.82 Å². The van der Waals surface area contributed by atoms with Gasteiger partial charge in [-0.3, -0.25) is 9.88 Å². The molecule has 0 aliphatic carbocycles. The first-order valence-corrected chi connectivity index (χ1v) is 8.65. The number of halogens is 1. The number of aromatic nitrogens is 3. The van der Waals surface area contributed by atoms with Crippen molar-refractivity contribution in [1.29, 1.82) is 0 Å². The van der Waals surface area contributed by atoms with Crippen LogP contribution in [0.25, 0.3) is 22.8 Å². The van der Waals surface area contributed by atoms with Crippen LogP contribution < -0.4 is 5.73 Å². The van der Waals surface area contributed by atoms with Gasteiger partial charge < -0.3 is 10.3 Å². The summed E-state index contributed by atoms with van der Waals surface area (Å²) in [6.45, 7) is 3.32. The SMILES string of the molecule is Cl.Nc1ccncc1-c1nc(-c2cccc(CN3CCCCC3)c2)no1. The smallest absolute Gasteiger partial charge is 0.261 e. The van der Waals surface area contributed by atoms with Crippen LogP contribution >= 0.6 is 12.4 Å². The van der Waals surface area contributed by atoms with Gasteiger partial charge in [-0.05, 0) is 43.6 Å². The van der Waals surface area contributed by atoms with E-state index < -0.39 is 0 Å². The minimum Gasteiger partial charge on any atom is -0.398 e. The first-order valence-electron chi connectivity index (χ1n) is 8.65. The Morgan fingerprint density at radius 1 is 1.12 bits per heavy atom. The maximum absolute atomic E-state index is 5.96. The summed E-state index contributed by atoms with van der Waals surface area (Å²) >= 11 is 0. The maximum Gasteiger partial charge on any atom is 0.261 e. The molecule has 0 radical (unpaired) electrons. The fourth-order valence-corrected chi connectivity index (χ4v) is 3.22. The highest BCUT2D eigenvalue weighted by Crippen LogP contribution is 2.26. The number of anilines is 1. The van der Waals surface area contributed by atoms with E-state index in [9.17, 15) is 0 Å². The fourth-order valence-electron chi connectivity index (χ4n) is 3.22. The van der Waals surface area contributed by atoms with E-state index in [1.165, 1.54) is 37.9 Å². The third-order valence-corrected chi connectivity index (χ3v) is 4.55. The molecule has 3 heterocycles. The van der Waals surface area contributed by atoms with Gasteiger partial charge in [-0.2, -0.15) is 4.98 Å². The number of nitrogen functional groups attached to an aromatic ring is 1. The lowest BCUT2D eigenvalue weighted by molar-refractivity contribution is 0.221. The highest BCUT2D eigenvalue weighted by atomic mass is 35.5. The van der Waals surface area contributed by atoms with Crippen LogP contribution in [-0.4, -0.2) is 33.1 Å². The van der Waals surface area contributed by atoms with Crippen molar-refractivity contribution in [2.75, 3.05) is 18.8 Å². The van der Waals surface area contributed by atoms with Crippen LogP contribution in [-0.2, 0) is 6.54 Å². The number of hydrogen-bond acceptors (Lipinski definition) is 6. The molecule has 0 atom stereocenters. The third kappa shape index (κ3) is 4.03. The first-order chi connectivity index (χ1) is 12.3. The summed E-state index contributed by atoms with van der Waals surface area (Å²) in [5, 5.41) is 4.11. The summed E-state index contributed by atoms with van der Waals surface area (Å²) in [6.07, 6.45) is 7.21. The van der Waals surface area contributed by atoms with E-state index in [0.717, 1.165) is 12.1 Å². The van der Waals surface area contributed by atoms with E-state index >= 15 is 0 Å². The fraction of sp³-hybridized carbons (Fsp3) is 0.316. The number of hydrogen-bond donors (Lipinski definition) is 1. The normalized spacial score (nSPS) is 14.8. The van der Waals surface area contributed by atoms with Crippen molar-refractivity contribution in [3.05, 3.63) is 48.3 Å². The molecule has 4 rings (SSSR count). The molecule has 1 aliphatic heterocycles. The van der Waals surface area contributed by atoms with Gasteiger partial charge in [0.15, 0.2) is 0 Å². The lowest BCUT2D eigenvalue weighted by Gasteiger charge is -2.26. The highest BCUT2D eigenvalue weighted by molar-refractivity contribution is 5.85. The first kappa shape index (κ1) is 18.4. The molecule has 2 aromatic heterocycles. The standard InChI is InChI=1S/C19H21N5O.ClH/c20-17-7-8-21-12-16(17)19-22-18(23-25-19)15-6-4-5-14(11-15)13-24-9-2-1-3-10-24;/h4-8,11-12H,1-3,9-10,13H2,(H2,20,21);1H. The van der Waals surface area contributed by atoms with E-state index in [2.05, 4.69) is 32.2 Å². The molecule has 1 aromatic carbocycles. The monoisotopic (exact) mass is 371 g/mol. The van der Waals surface area contributed by atoms with Gasteiger partial charge >= 0.3 is 0 Å². The molecule has 7 heteroatoms. The van der Waals surface area contributed by atoms with Crippen LogP contribution in [0.4, 0.5) is 5.69 Å². The molecule has 0 amide bonds. The highest BCUT2D eigenvalue weighted by Gasteiger charge is 2.15. The molecule has 3 aromatic rings. The average molecular weight is 372 g/mol. The van der Waals surface area contributed by atoms with Gasteiger partial charge in [0.05, 0.1) is 5.56 Å². The van der Waals surface area contributed by atoms with E-state index in [1.807, 2.05) is 12.1 Å². The minimum atomic E-state index is 0. The van der Waals surface area contributed by atoms with E-state index in [1.54, 1.807) is 18.5 Å². The molecule has 0 saturated carbocycles. The molecule has 6 nitrogen and oxygen atoms in total. The predicted octanol–water partition coefficient (Wildman–Crippen LogP) is 3.79. The minimum absolute atomic E-state index is 0. The van der Waals surface area contributed by atoms with Gasteiger partial charge in [0, 0.05) is 30.2 Å². The molecule has 0 bridgehead atoms. The van der Waals surface area contributed by atoms with Crippen molar-refractivity contribution in [2.45, 2.75) is 25.8 Å². The number of rotatable bonds is 4. The van der Waals surface area contributed by atoms with Crippen molar-refractivity contribution >= 4 is 18.1 Å². The maximum atomic E-state index is 5.96. The Morgan fingerprint density at radius 3 is 2.77 bits per heavy atom. The Bertz CT molecular complexity index is 860. The van der Waals surface area contributed by atoms with Crippen LogP contribution in [0.5, 0.6) is 0 Å². The zero-order valence-corrected chi connectivity index (χ0v) is 15.3. The molecule has 1 saturated heterocycles. The molecule has 136 valence electrons. The summed E-state index contributed by atoms with van der Waals surface area (Å²) in [5.74, 6) is 0.959. The molecule has 1 aliphatic rings. The molecule has 0 spiro atoms. The van der Waals surface area contributed by atoms with Gasteiger partial charge in [0.25, 0.3) is 5.89 Å². The Morgan fingerprint density at radius 2 is 1.96 bits per heavy atom. The van der Waals surface area contributed by atoms with E-state index in [4.69, 9.17) is 10.3 Å². The summed E-state index contributed by atoms with van der Waals surface area (Å²) in [5.41, 5.74) is 9.41. The van der Waals surface area contributed by atoms with Crippen molar-refractivity contribution in [2.24, 2.45) is 0 Å². The zero-order chi connectivity index (χ0) is 17.1. The lowest BCUT2D eigenvalue weighted by atomic mass is 10.1. The number of nitrogens with two attached hydrogens (primary N) is 1. The van der Waals surface area contributed by atoms with Gasteiger partial charge in [-0.15, -0.1) is 12.4 Å². The van der Waals surface area contributed by atoms with Crippen molar-refractivity contribution in [3.63, 3.8) is 0 Å². The molecular formula is C19H22ClN5O. The van der Waals surface area contributed by atoms with Crippen molar-refractivity contribution in [1.82, 2.24) is 20.0 Å². The predicted molar refractivity (Wildman–Crippen MR) is 104 cm³/mol. The summed E-state index contributed by atoms with van der Waals surface area (Å²) in [7, 11) is 0. The quantitative estimate of drug-likeness (QED) is 0.751. The van der Waals surface area contributed by atoms with Crippen LogP contribution in [0.1, 0.15) is 24.8 Å². The van der Waals surface area contributed by atoms with E-state index in [-0.39, 0.29) is 12.4 Å². The average Bonchev–Trinajstić information content (AvgIpc) is 3.13. The molecule has 1 fully saturated rings. The van der Waals surface area contributed by atoms with Crippen LogP contribution in [0.2, 0.25) is 0 Å². The molecular weight excluding hydrogens is 350 g/mol. The summed E-state index contributed by atoms with van der Waals surface area (Å²) in [6, 6.07) is 10.1. The second-order valence-corrected chi connectivity index (χ2v) is 6.42. The van der Waals surface area contributed by atoms with Crippen LogP contribution in [0.3, 0.4) is 0 Å². The number of benzene rings is 1. The summed E-state index contributed by atoms with van der Waals surface area (Å²) < 4.78 is 5.38. The largest absolute Gasteiger partial charge is 0.398 e. The second kappa shape index (κ2) is 8.29.